The van der Waals surface area contributed by atoms with Gasteiger partial charge in [0, 0.05) is 47.0 Å². The largest absolute Gasteiger partial charge is 0.497 e. The predicted octanol–water partition coefficient (Wildman–Crippen LogP) is 2.91. The normalized spacial score (nSPS) is 15.5. The fourth-order valence-electron chi connectivity index (χ4n) is 2.94. The van der Waals surface area contributed by atoms with E-state index in [4.69, 9.17) is 14.2 Å². The van der Waals surface area contributed by atoms with Crippen LogP contribution in [0.25, 0.3) is 0 Å². The van der Waals surface area contributed by atoms with E-state index in [1.165, 1.54) is 5.56 Å². The van der Waals surface area contributed by atoms with Crippen LogP contribution in [-0.2, 0) is 16.0 Å². The number of piperidine rings is 1. The van der Waals surface area contributed by atoms with Crippen LogP contribution in [0.15, 0.2) is 29.3 Å². The van der Waals surface area contributed by atoms with E-state index in [0.29, 0.717) is 6.10 Å². The Hall–Kier alpha value is -1.06. The molecular formula is C19H32IN3O3. The van der Waals surface area contributed by atoms with Crippen LogP contribution < -0.4 is 10.1 Å². The lowest BCUT2D eigenvalue weighted by Crippen LogP contribution is -2.46. The first-order chi connectivity index (χ1) is 12.3. The van der Waals surface area contributed by atoms with E-state index in [2.05, 4.69) is 27.3 Å². The van der Waals surface area contributed by atoms with Crippen LogP contribution in [0.1, 0.15) is 24.8 Å². The molecule has 2 rings (SSSR count). The molecule has 7 heteroatoms. The summed E-state index contributed by atoms with van der Waals surface area (Å²) in [5.41, 5.74) is 1.21. The Morgan fingerprint density at radius 2 is 1.85 bits per heavy atom. The van der Waals surface area contributed by atoms with Gasteiger partial charge in [-0.3, -0.25) is 4.99 Å². The Morgan fingerprint density at radius 1 is 1.15 bits per heavy atom. The lowest BCUT2D eigenvalue weighted by Gasteiger charge is -2.34. The van der Waals surface area contributed by atoms with Crippen LogP contribution in [0.4, 0.5) is 0 Å². The Labute approximate surface area is 174 Å². The molecule has 26 heavy (non-hydrogen) atoms. The Morgan fingerprint density at radius 3 is 2.42 bits per heavy atom. The summed E-state index contributed by atoms with van der Waals surface area (Å²) in [5.74, 6) is 1.83. The second-order valence-electron chi connectivity index (χ2n) is 6.15. The van der Waals surface area contributed by atoms with E-state index in [9.17, 15) is 0 Å². The number of hydrogen-bond donors (Lipinski definition) is 1. The number of benzene rings is 1. The lowest BCUT2D eigenvalue weighted by molar-refractivity contribution is 0.00989. The van der Waals surface area contributed by atoms with Crippen LogP contribution in [0.5, 0.6) is 5.75 Å². The lowest BCUT2D eigenvalue weighted by atomic mass is 10.1. The van der Waals surface area contributed by atoms with Crippen molar-refractivity contribution >= 4 is 29.9 Å². The number of rotatable bonds is 8. The second kappa shape index (κ2) is 13.2. The van der Waals surface area contributed by atoms with Crippen molar-refractivity contribution in [2.24, 2.45) is 4.99 Å². The Kier molecular flexibility index (Phi) is 11.6. The standard InChI is InChI=1S/C19H31N3O3.HI/c1-20-19(21-15-16-5-7-17(24-3)8-6-16)22-11-9-18(10-12-22)25-14-4-13-23-2;/h5-8,18H,4,9-15H2,1-3H3,(H,20,21);1H. The molecule has 0 aliphatic carbocycles. The van der Waals surface area contributed by atoms with E-state index >= 15 is 0 Å². The molecule has 0 unspecified atom stereocenters. The van der Waals surface area contributed by atoms with Crippen molar-refractivity contribution < 1.29 is 14.2 Å². The van der Waals surface area contributed by atoms with Gasteiger partial charge in [-0.1, -0.05) is 12.1 Å². The Balaban J connectivity index is 0.00000338. The van der Waals surface area contributed by atoms with Gasteiger partial charge < -0.3 is 24.4 Å². The van der Waals surface area contributed by atoms with Gasteiger partial charge in [-0.25, -0.2) is 0 Å². The average molecular weight is 477 g/mol. The van der Waals surface area contributed by atoms with E-state index < -0.39 is 0 Å². The molecule has 0 atom stereocenters. The highest BCUT2D eigenvalue weighted by atomic mass is 127. The number of nitrogens with zero attached hydrogens (tertiary/aromatic N) is 2. The highest BCUT2D eigenvalue weighted by molar-refractivity contribution is 14.0. The van der Waals surface area contributed by atoms with Crippen LogP contribution in [0.3, 0.4) is 0 Å². The molecule has 0 radical (unpaired) electrons. The van der Waals surface area contributed by atoms with Crippen molar-refractivity contribution in [2.75, 3.05) is 47.6 Å². The molecule has 1 aromatic rings. The third kappa shape index (κ3) is 7.67. The molecule has 6 nitrogen and oxygen atoms in total. The minimum atomic E-state index is 0. The SMILES string of the molecule is CN=C(NCc1ccc(OC)cc1)N1CCC(OCCCOC)CC1.I. The number of hydrogen-bond acceptors (Lipinski definition) is 4. The third-order valence-electron chi connectivity index (χ3n) is 4.41. The zero-order valence-electron chi connectivity index (χ0n) is 16.1. The number of likely N-dealkylation sites (tertiary alicyclic amines) is 1. The first-order valence-corrected chi connectivity index (χ1v) is 8.96. The van der Waals surface area contributed by atoms with Gasteiger partial charge in [0.15, 0.2) is 5.96 Å². The van der Waals surface area contributed by atoms with Gasteiger partial charge in [-0.2, -0.15) is 0 Å². The zero-order chi connectivity index (χ0) is 17.9. The number of ether oxygens (including phenoxy) is 3. The summed E-state index contributed by atoms with van der Waals surface area (Å²) in [7, 11) is 5.24. The van der Waals surface area contributed by atoms with Gasteiger partial charge in [-0.05, 0) is 37.0 Å². The highest BCUT2D eigenvalue weighted by Gasteiger charge is 2.21. The van der Waals surface area contributed by atoms with Crippen LogP contribution in [0.2, 0.25) is 0 Å². The van der Waals surface area contributed by atoms with Gasteiger partial charge >= 0.3 is 0 Å². The number of aliphatic imine (C=N–C) groups is 1. The minimum absolute atomic E-state index is 0. The highest BCUT2D eigenvalue weighted by Crippen LogP contribution is 2.15. The molecule has 0 amide bonds. The molecule has 1 aromatic carbocycles. The van der Waals surface area contributed by atoms with Gasteiger partial charge in [0.25, 0.3) is 0 Å². The molecule has 1 aliphatic heterocycles. The molecule has 0 aromatic heterocycles. The van der Waals surface area contributed by atoms with Crippen molar-refractivity contribution in [1.82, 2.24) is 10.2 Å². The third-order valence-corrected chi connectivity index (χ3v) is 4.41. The molecule has 0 spiro atoms. The van der Waals surface area contributed by atoms with Crippen molar-refractivity contribution in [2.45, 2.75) is 31.9 Å². The maximum atomic E-state index is 5.92. The number of guanidine groups is 1. The molecule has 0 saturated carbocycles. The van der Waals surface area contributed by atoms with Crippen LogP contribution in [0, 0.1) is 0 Å². The van der Waals surface area contributed by atoms with Crippen molar-refractivity contribution in [3.63, 3.8) is 0 Å². The molecular weight excluding hydrogens is 445 g/mol. The van der Waals surface area contributed by atoms with E-state index in [-0.39, 0.29) is 24.0 Å². The topological polar surface area (TPSA) is 55.3 Å². The van der Waals surface area contributed by atoms with Crippen LogP contribution >= 0.6 is 24.0 Å². The van der Waals surface area contributed by atoms with E-state index in [1.54, 1.807) is 14.2 Å². The fraction of sp³-hybridized carbons (Fsp3) is 0.632. The fourth-order valence-corrected chi connectivity index (χ4v) is 2.94. The maximum absolute atomic E-state index is 5.92. The second-order valence-corrected chi connectivity index (χ2v) is 6.15. The Bertz CT molecular complexity index is 517. The summed E-state index contributed by atoms with van der Waals surface area (Å²) in [5, 5.41) is 3.45. The molecule has 1 fully saturated rings. The summed E-state index contributed by atoms with van der Waals surface area (Å²) in [4.78, 5) is 6.73. The first kappa shape index (κ1) is 23.0. The van der Waals surface area contributed by atoms with Gasteiger partial charge in [-0.15, -0.1) is 24.0 Å². The smallest absolute Gasteiger partial charge is 0.193 e. The number of halogens is 1. The van der Waals surface area contributed by atoms with Crippen molar-refractivity contribution in [1.29, 1.82) is 0 Å². The average Bonchev–Trinajstić information content (AvgIpc) is 2.67. The first-order valence-electron chi connectivity index (χ1n) is 8.96. The monoisotopic (exact) mass is 477 g/mol. The number of nitrogens with one attached hydrogen (secondary N) is 1. The summed E-state index contributed by atoms with van der Waals surface area (Å²) in [6.07, 6.45) is 3.39. The molecule has 1 aliphatic rings. The molecule has 148 valence electrons. The summed E-state index contributed by atoms with van der Waals surface area (Å²) >= 11 is 0. The van der Waals surface area contributed by atoms with Gasteiger partial charge in [0.2, 0.25) is 0 Å². The van der Waals surface area contributed by atoms with Gasteiger partial charge in [0.1, 0.15) is 5.75 Å². The van der Waals surface area contributed by atoms with Crippen LogP contribution in [-0.4, -0.2) is 64.5 Å². The van der Waals surface area contributed by atoms with E-state index in [1.807, 2.05) is 19.2 Å². The molecule has 1 saturated heterocycles. The van der Waals surface area contributed by atoms with Gasteiger partial charge in [0.05, 0.1) is 13.2 Å². The summed E-state index contributed by atoms with van der Waals surface area (Å²) in [6, 6.07) is 8.09. The summed E-state index contributed by atoms with van der Waals surface area (Å²) < 4.78 is 16.2. The molecule has 1 heterocycles. The predicted molar refractivity (Wildman–Crippen MR) is 116 cm³/mol. The van der Waals surface area contributed by atoms with Crippen molar-refractivity contribution in [3.8, 4) is 5.75 Å². The zero-order valence-corrected chi connectivity index (χ0v) is 18.4. The molecule has 0 bridgehead atoms. The summed E-state index contributed by atoms with van der Waals surface area (Å²) in [6.45, 7) is 4.24. The number of methoxy groups -OCH3 is 2. The maximum Gasteiger partial charge on any atom is 0.193 e. The minimum Gasteiger partial charge on any atom is -0.497 e. The quantitative estimate of drug-likeness (QED) is 0.270. The van der Waals surface area contributed by atoms with Crippen molar-refractivity contribution in [3.05, 3.63) is 29.8 Å². The molecule has 1 N–H and O–H groups in total. The van der Waals surface area contributed by atoms with E-state index in [0.717, 1.165) is 63.8 Å².